The highest BCUT2D eigenvalue weighted by atomic mass is 16.2. The SMILES string of the molecule is CC(=O)Nc1ccc(Nc2ccc(C(=O)Nc3ccccc3C)nc2)cc1. The molecule has 1 aromatic heterocycles. The van der Waals surface area contributed by atoms with Gasteiger partial charge in [-0.1, -0.05) is 18.2 Å². The number of benzene rings is 2. The largest absolute Gasteiger partial charge is 0.354 e. The third-order valence-electron chi connectivity index (χ3n) is 3.88. The molecule has 0 radical (unpaired) electrons. The zero-order valence-corrected chi connectivity index (χ0v) is 15.1. The Balaban J connectivity index is 1.64. The predicted molar refractivity (Wildman–Crippen MR) is 107 cm³/mol. The number of pyridine rings is 1. The average Bonchev–Trinajstić information content (AvgIpc) is 2.65. The number of amides is 2. The van der Waals surface area contributed by atoms with Crippen LogP contribution in [0.3, 0.4) is 0 Å². The van der Waals surface area contributed by atoms with E-state index < -0.39 is 0 Å². The minimum absolute atomic E-state index is 0.112. The van der Waals surface area contributed by atoms with E-state index in [0.717, 1.165) is 28.3 Å². The van der Waals surface area contributed by atoms with Crippen molar-refractivity contribution in [3.8, 4) is 0 Å². The van der Waals surface area contributed by atoms with Gasteiger partial charge in [-0.3, -0.25) is 9.59 Å². The fraction of sp³-hybridized carbons (Fsp3) is 0.0952. The second kappa shape index (κ2) is 8.14. The number of aromatic nitrogens is 1. The highest BCUT2D eigenvalue weighted by molar-refractivity contribution is 6.03. The predicted octanol–water partition coefficient (Wildman–Crippen LogP) is 4.34. The van der Waals surface area contributed by atoms with Gasteiger partial charge in [0.05, 0.1) is 11.9 Å². The smallest absolute Gasteiger partial charge is 0.274 e. The molecule has 6 heteroatoms. The van der Waals surface area contributed by atoms with Crippen molar-refractivity contribution in [2.24, 2.45) is 0 Å². The minimum Gasteiger partial charge on any atom is -0.354 e. The number of carbonyl (C=O) groups excluding carboxylic acids is 2. The highest BCUT2D eigenvalue weighted by Gasteiger charge is 2.09. The number of hydrogen-bond donors (Lipinski definition) is 3. The lowest BCUT2D eigenvalue weighted by molar-refractivity contribution is -0.114. The van der Waals surface area contributed by atoms with Crippen LogP contribution >= 0.6 is 0 Å². The van der Waals surface area contributed by atoms with Crippen LogP contribution in [0.5, 0.6) is 0 Å². The maximum atomic E-state index is 12.3. The molecule has 3 N–H and O–H groups in total. The van der Waals surface area contributed by atoms with Crippen LogP contribution in [0, 0.1) is 6.92 Å². The lowest BCUT2D eigenvalue weighted by Crippen LogP contribution is -2.14. The molecule has 2 aromatic carbocycles. The molecule has 0 aliphatic carbocycles. The van der Waals surface area contributed by atoms with E-state index in [4.69, 9.17) is 0 Å². The molecular formula is C21H20N4O2. The van der Waals surface area contributed by atoms with Gasteiger partial charge in [-0.05, 0) is 55.0 Å². The fourth-order valence-corrected chi connectivity index (χ4v) is 2.51. The standard InChI is InChI=1S/C21H20N4O2/c1-14-5-3-4-6-19(14)25-21(27)20-12-11-18(13-22-20)24-17-9-7-16(8-10-17)23-15(2)26/h3-13,24H,1-2H3,(H,23,26)(H,25,27). The maximum Gasteiger partial charge on any atom is 0.274 e. The molecule has 0 aliphatic heterocycles. The maximum absolute atomic E-state index is 12.3. The number of anilines is 4. The van der Waals surface area contributed by atoms with Crippen molar-refractivity contribution in [2.45, 2.75) is 13.8 Å². The van der Waals surface area contributed by atoms with E-state index in [1.165, 1.54) is 6.92 Å². The molecule has 136 valence electrons. The quantitative estimate of drug-likeness (QED) is 0.632. The van der Waals surface area contributed by atoms with Gasteiger partial charge in [-0.2, -0.15) is 0 Å². The summed E-state index contributed by atoms with van der Waals surface area (Å²) in [6.45, 7) is 3.40. The van der Waals surface area contributed by atoms with Crippen LogP contribution < -0.4 is 16.0 Å². The summed E-state index contributed by atoms with van der Waals surface area (Å²) in [4.78, 5) is 27.6. The zero-order chi connectivity index (χ0) is 19.2. The number of hydrogen-bond acceptors (Lipinski definition) is 4. The van der Waals surface area contributed by atoms with E-state index in [2.05, 4.69) is 20.9 Å². The molecule has 0 unspecified atom stereocenters. The third kappa shape index (κ3) is 4.92. The Morgan fingerprint density at radius 1 is 0.815 bits per heavy atom. The molecular weight excluding hydrogens is 340 g/mol. The summed E-state index contributed by atoms with van der Waals surface area (Å²) in [6.07, 6.45) is 1.61. The fourth-order valence-electron chi connectivity index (χ4n) is 2.51. The zero-order valence-electron chi connectivity index (χ0n) is 15.1. The molecule has 27 heavy (non-hydrogen) atoms. The lowest BCUT2D eigenvalue weighted by Gasteiger charge is -2.09. The van der Waals surface area contributed by atoms with E-state index in [-0.39, 0.29) is 11.8 Å². The first kappa shape index (κ1) is 18.1. The Morgan fingerprint density at radius 2 is 1.48 bits per heavy atom. The molecule has 0 fully saturated rings. The molecule has 0 aliphatic rings. The van der Waals surface area contributed by atoms with Crippen molar-refractivity contribution in [3.05, 3.63) is 78.1 Å². The van der Waals surface area contributed by atoms with E-state index >= 15 is 0 Å². The average molecular weight is 360 g/mol. The van der Waals surface area contributed by atoms with Gasteiger partial charge < -0.3 is 16.0 Å². The Bertz CT molecular complexity index is 951. The first-order chi connectivity index (χ1) is 13.0. The van der Waals surface area contributed by atoms with Gasteiger partial charge in [0.25, 0.3) is 5.91 Å². The normalized spacial score (nSPS) is 10.1. The summed E-state index contributed by atoms with van der Waals surface area (Å²) in [5.74, 6) is -0.366. The monoisotopic (exact) mass is 360 g/mol. The highest BCUT2D eigenvalue weighted by Crippen LogP contribution is 2.19. The van der Waals surface area contributed by atoms with E-state index in [0.29, 0.717) is 5.69 Å². The van der Waals surface area contributed by atoms with Gasteiger partial charge in [0.15, 0.2) is 0 Å². The molecule has 3 rings (SSSR count). The van der Waals surface area contributed by atoms with E-state index in [1.54, 1.807) is 30.5 Å². The summed E-state index contributed by atoms with van der Waals surface area (Å²) in [5, 5.41) is 8.78. The van der Waals surface area contributed by atoms with Gasteiger partial charge in [-0.15, -0.1) is 0 Å². The Labute approximate surface area is 157 Å². The second-order valence-electron chi connectivity index (χ2n) is 6.08. The number of aryl methyl sites for hydroxylation is 1. The molecule has 0 saturated heterocycles. The molecule has 0 spiro atoms. The Kier molecular flexibility index (Phi) is 5.47. The number of carbonyl (C=O) groups is 2. The molecule has 0 bridgehead atoms. The van der Waals surface area contributed by atoms with E-state index in [1.807, 2.05) is 43.3 Å². The van der Waals surface area contributed by atoms with Crippen LogP contribution in [0.15, 0.2) is 66.9 Å². The van der Waals surface area contributed by atoms with Crippen molar-refractivity contribution in [1.29, 1.82) is 0 Å². The van der Waals surface area contributed by atoms with Crippen LogP contribution in [0.4, 0.5) is 22.7 Å². The molecule has 1 heterocycles. The molecule has 0 atom stereocenters. The van der Waals surface area contributed by atoms with Gasteiger partial charge in [0.2, 0.25) is 5.91 Å². The van der Waals surface area contributed by atoms with Crippen LogP contribution in [0.1, 0.15) is 23.0 Å². The number of nitrogens with one attached hydrogen (secondary N) is 3. The second-order valence-corrected chi connectivity index (χ2v) is 6.08. The topological polar surface area (TPSA) is 83.1 Å². The van der Waals surface area contributed by atoms with Crippen molar-refractivity contribution in [3.63, 3.8) is 0 Å². The third-order valence-corrected chi connectivity index (χ3v) is 3.88. The van der Waals surface area contributed by atoms with Crippen molar-refractivity contribution >= 4 is 34.6 Å². The van der Waals surface area contributed by atoms with Crippen molar-refractivity contribution in [1.82, 2.24) is 4.98 Å². The van der Waals surface area contributed by atoms with Crippen LogP contribution in [-0.2, 0) is 4.79 Å². The summed E-state index contributed by atoms with van der Waals surface area (Å²) in [5.41, 5.74) is 4.44. The molecule has 3 aromatic rings. The summed E-state index contributed by atoms with van der Waals surface area (Å²) < 4.78 is 0. The number of para-hydroxylation sites is 1. The summed E-state index contributed by atoms with van der Waals surface area (Å²) in [6, 6.07) is 18.4. The summed E-state index contributed by atoms with van der Waals surface area (Å²) >= 11 is 0. The van der Waals surface area contributed by atoms with Crippen LogP contribution in [0.2, 0.25) is 0 Å². The Morgan fingerprint density at radius 3 is 2.11 bits per heavy atom. The van der Waals surface area contributed by atoms with Crippen LogP contribution in [0.25, 0.3) is 0 Å². The van der Waals surface area contributed by atoms with Crippen molar-refractivity contribution < 1.29 is 9.59 Å². The summed E-state index contributed by atoms with van der Waals surface area (Å²) in [7, 11) is 0. The van der Waals surface area contributed by atoms with Gasteiger partial charge in [0, 0.05) is 24.0 Å². The number of nitrogens with zero attached hydrogens (tertiary/aromatic N) is 1. The Hall–Kier alpha value is -3.67. The minimum atomic E-state index is -0.254. The molecule has 0 saturated carbocycles. The van der Waals surface area contributed by atoms with Crippen LogP contribution in [-0.4, -0.2) is 16.8 Å². The van der Waals surface area contributed by atoms with Gasteiger partial charge in [0.1, 0.15) is 5.69 Å². The first-order valence-corrected chi connectivity index (χ1v) is 8.49. The molecule has 2 amide bonds. The molecule has 6 nitrogen and oxygen atoms in total. The number of rotatable bonds is 5. The van der Waals surface area contributed by atoms with Gasteiger partial charge >= 0.3 is 0 Å². The van der Waals surface area contributed by atoms with Gasteiger partial charge in [-0.25, -0.2) is 4.98 Å². The van der Waals surface area contributed by atoms with E-state index in [9.17, 15) is 9.59 Å². The first-order valence-electron chi connectivity index (χ1n) is 8.49. The lowest BCUT2D eigenvalue weighted by atomic mass is 10.2. The van der Waals surface area contributed by atoms with Crippen molar-refractivity contribution in [2.75, 3.05) is 16.0 Å².